The third-order valence-electron chi connectivity index (χ3n) is 2.34. The molecule has 0 atom stereocenters. The summed E-state index contributed by atoms with van der Waals surface area (Å²) in [6, 6.07) is 12.7. The summed E-state index contributed by atoms with van der Waals surface area (Å²) in [5, 5.41) is 9.70. The van der Waals surface area contributed by atoms with Gasteiger partial charge in [0.1, 0.15) is 5.03 Å². The smallest absolute Gasteiger partial charge is 0.160 e. The summed E-state index contributed by atoms with van der Waals surface area (Å²) in [7, 11) is 0. The molecule has 18 heavy (non-hydrogen) atoms. The molecule has 0 aliphatic heterocycles. The molecule has 0 N–H and O–H groups in total. The zero-order valence-electron chi connectivity index (χ0n) is 9.75. The van der Waals surface area contributed by atoms with Crippen molar-refractivity contribution >= 4 is 17.5 Å². The van der Waals surface area contributed by atoms with E-state index in [1.807, 2.05) is 18.2 Å². The van der Waals surface area contributed by atoms with E-state index in [2.05, 4.69) is 11.1 Å². The Kier molecular flexibility index (Phi) is 3.75. The van der Waals surface area contributed by atoms with E-state index >= 15 is 0 Å². The normalized spacial score (nSPS) is 9.78. The molecule has 1 aromatic heterocycles. The molecule has 0 radical (unpaired) electrons. The Morgan fingerprint density at radius 2 is 2.17 bits per heavy atom. The van der Waals surface area contributed by atoms with Gasteiger partial charge < -0.3 is 0 Å². The van der Waals surface area contributed by atoms with Crippen LogP contribution in [0.1, 0.15) is 22.8 Å². The van der Waals surface area contributed by atoms with Gasteiger partial charge in [0.25, 0.3) is 0 Å². The van der Waals surface area contributed by atoms with E-state index in [0.717, 1.165) is 9.92 Å². The topological polar surface area (TPSA) is 53.8 Å². The fourth-order valence-corrected chi connectivity index (χ4v) is 2.48. The van der Waals surface area contributed by atoms with Crippen LogP contribution >= 0.6 is 11.8 Å². The SMILES string of the molecule is CC(=O)c1ccc(C#N)cc1Sc1ccccn1. The maximum atomic E-state index is 11.5. The van der Waals surface area contributed by atoms with E-state index in [0.29, 0.717) is 11.1 Å². The summed E-state index contributed by atoms with van der Waals surface area (Å²) < 4.78 is 0. The van der Waals surface area contributed by atoms with Gasteiger partial charge in [-0.25, -0.2) is 4.98 Å². The molecule has 0 aliphatic carbocycles. The number of benzene rings is 1. The summed E-state index contributed by atoms with van der Waals surface area (Å²) in [4.78, 5) is 16.5. The Hall–Kier alpha value is -2.12. The standard InChI is InChI=1S/C14H10N2OS/c1-10(17)12-6-5-11(9-15)8-13(12)18-14-4-2-3-7-16-14/h2-8H,1H3. The van der Waals surface area contributed by atoms with Crippen molar-refractivity contribution < 1.29 is 4.79 Å². The highest BCUT2D eigenvalue weighted by atomic mass is 32.2. The molecular formula is C14H10N2OS. The first-order chi connectivity index (χ1) is 8.70. The lowest BCUT2D eigenvalue weighted by Gasteiger charge is -2.06. The van der Waals surface area contributed by atoms with Gasteiger partial charge in [0, 0.05) is 16.7 Å². The minimum Gasteiger partial charge on any atom is -0.294 e. The summed E-state index contributed by atoms with van der Waals surface area (Å²) in [5.41, 5.74) is 1.16. The van der Waals surface area contributed by atoms with Gasteiger partial charge in [-0.3, -0.25) is 4.79 Å². The predicted molar refractivity (Wildman–Crippen MR) is 69.5 cm³/mol. The minimum atomic E-state index is -0.0158. The van der Waals surface area contributed by atoms with Crippen LogP contribution in [0, 0.1) is 11.3 Å². The van der Waals surface area contributed by atoms with Gasteiger partial charge in [-0.2, -0.15) is 5.26 Å². The number of ketones is 1. The van der Waals surface area contributed by atoms with Gasteiger partial charge >= 0.3 is 0 Å². The number of aromatic nitrogens is 1. The van der Waals surface area contributed by atoms with Crippen molar-refractivity contribution in [3.05, 3.63) is 53.7 Å². The highest BCUT2D eigenvalue weighted by molar-refractivity contribution is 7.99. The Bertz CT molecular complexity index is 617. The average Bonchev–Trinajstić information content (AvgIpc) is 2.39. The number of Topliss-reactive ketones (excluding diaryl/α,β-unsaturated/α-hetero) is 1. The van der Waals surface area contributed by atoms with Crippen LogP contribution in [0.4, 0.5) is 0 Å². The molecule has 4 heteroatoms. The van der Waals surface area contributed by atoms with Crippen LogP contribution in [-0.2, 0) is 0 Å². The lowest BCUT2D eigenvalue weighted by atomic mass is 10.1. The van der Waals surface area contributed by atoms with Crippen molar-refractivity contribution in [3.8, 4) is 6.07 Å². The van der Waals surface area contributed by atoms with Crippen LogP contribution < -0.4 is 0 Å². The van der Waals surface area contributed by atoms with Crippen molar-refractivity contribution in [2.45, 2.75) is 16.8 Å². The number of carbonyl (C=O) groups is 1. The van der Waals surface area contributed by atoms with Crippen LogP contribution in [0.2, 0.25) is 0 Å². The van der Waals surface area contributed by atoms with E-state index in [-0.39, 0.29) is 5.78 Å². The summed E-state index contributed by atoms with van der Waals surface area (Å²) in [5.74, 6) is -0.0158. The Morgan fingerprint density at radius 1 is 1.33 bits per heavy atom. The molecule has 1 heterocycles. The zero-order valence-corrected chi connectivity index (χ0v) is 10.6. The molecule has 2 aromatic rings. The molecule has 3 nitrogen and oxygen atoms in total. The van der Waals surface area contributed by atoms with Crippen molar-refractivity contribution in [3.63, 3.8) is 0 Å². The first-order valence-corrected chi connectivity index (χ1v) is 6.16. The van der Waals surface area contributed by atoms with Gasteiger partial charge in [-0.05, 0) is 37.3 Å². The fraction of sp³-hybridized carbons (Fsp3) is 0.0714. The summed E-state index contributed by atoms with van der Waals surface area (Å²) in [6.45, 7) is 1.52. The number of nitriles is 1. The quantitative estimate of drug-likeness (QED) is 0.788. The molecule has 0 saturated carbocycles. The van der Waals surface area contributed by atoms with Gasteiger partial charge in [-0.15, -0.1) is 0 Å². The van der Waals surface area contributed by atoms with Gasteiger partial charge in [-0.1, -0.05) is 17.8 Å². The molecule has 0 bridgehead atoms. The van der Waals surface area contributed by atoms with E-state index < -0.39 is 0 Å². The largest absolute Gasteiger partial charge is 0.294 e. The number of hydrogen-bond acceptors (Lipinski definition) is 4. The van der Waals surface area contributed by atoms with E-state index in [4.69, 9.17) is 5.26 Å². The van der Waals surface area contributed by atoms with Crippen molar-refractivity contribution in [1.82, 2.24) is 4.98 Å². The molecule has 0 aliphatic rings. The number of hydrogen-bond donors (Lipinski definition) is 0. The zero-order chi connectivity index (χ0) is 13.0. The second kappa shape index (κ2) is 5.48. The second-order valence-corrected chi connectivity index (χ2v) is 4.71. The number of rotatable bonds is 3. The first-order valence-electron chi connectivity index (χ1n) is 5.34. The summed E-state index contributed by atoms with van der Waals surface area (Å²) >= 11 is 1.39. The molecule has 2 rings (SSSR count). The van der Waals surface area contributed by atoms with Gasteiger partial charge in [0.05, 0.1) is 11.6 Å². The van der Waals surface area contributed by atoms with Gasteiger partial charge in [0.2, 0.25) is 0 Å². The van der Waals surface area contributed by atoms with Crippen LogP contribution in [0.25, 0.3) is 0 Å². The summed E-state index contributed by atoms with van der Waals surface area (Å²) in [6.07, 6.45) is 1.70. The van der Waals surface area contributed by atoms with Crippen molar-refractivity contribution in [1.29, 1.82) is 5.26 Å². The van der Waals surface area contributed by atoms with Crippen molar-refractivity contribution in [2.24, 2.45) is 0 Å². The minimum absolute atomic E-state index is 0.0158. The fourth-order valence-electron chi connectivity index (χ4n) is 1.49. The highest BCUT2D eigenvalue weighted by Gasteiger charge is 2.10. The molecular weight excluding hydrogens is 244 g/mol. The van der Waals surface area contributed by atoms with Crippen molar-refractivity contribution in [2.75, 3.05) is 0 Å². The molecule has 88 valence electrons. The lowest BCUT2D eigenvalue weighted by Crippen LogP contribution is -1.96. The molecule has 0 fully saturated rings. The third-order valence-corrected chi connectivity index (χ3v) is 3.35. The molecule has 0 spiro atoms. The third kappa shape index (κ3) is 2.76. The number of pyridine rings is 1. The number of carbonyl (C=O) groups excluding carboxylic acids is 1. The maximum Gasteiger partial charge on any atom is 0.160 e. The Morgan fingerprint density at radius 3 is 2.78 bits per heavy atom. The van der Waals surface area contributed by atoms with E-state index in [1.165, 1.54) is 18.7 Å². The Balaban J connectivity index is 2.42. The first kappa shape index (κ1) is 12.3. The number of nitrogens with zero attached hydrogens (tertiary/aromatic N) is 2. The average molecular weight is 254 g/mol. The van der Waals surface area contributed by atoms with E-state index in [1.54, 1.807) is 24.4 Å². The van der Waals surface area contributed by atoms with Crippen LogP contribution in [-0.4, -0.2) is 10.8 Å². The predicted octanol–water partition coefficient (Wildman–Crippen LogP) is 3.31. The van der Waals surface area contributed by atoms with Crippen LogP contribution in [0.3, 0.4) is 0 Å². The molecule has 1 aromatic carbocycles. The molecule has 0 saturated heterocycles. The molecule has 0 unspecified atom stereocenters. The molecule has 0 amide bonds. The highest BCUT2D eigenvalue weighted by Crippen LogP contribution is 2.30. The second-order valence-electron chi connectivity index (χ2n) is 3.65. The van der Waals surface area contributed by atoms with Crippen LogP contribution in [0.5, 0.6) is 0 Å². The van der Waals surface area contributed by atoms with Gasteiger partial charge in [0.15, 0.2) is 5.78 Å². The lowest BCUT2D eigenvalue weighted by molar-refractivity contribution is 0.101. The Labute approximate surface area is 109 Å². The van der Waals surface area contributed by atoms with E-state index in [9.17, 15) is 4.79 Å². The maximum absolute atomic E-state index is 11.5. The monoisotopic (exact) mass is 254 g/mol. The van der Waals surface area contributed by atoms with Crippen LogP contribution in [0.15, 0.2) is 52.5 Å².